The van der Waals surface area contributed by atoms with Crippen molar-refractivity contribution in [3.05, 3.63) is 137 Å². The van der Waals surface area contributed by atoms with Gasteiger partial charge in [-0.15, -0.1) is 0 Å². The summed E-state index contributed by atoms with van der Waals surface area (Å²) >= 11 is 0. The van der Waals surface area contributed by atoms with Crippen LogP contribution in [-0.4, -0.2) is 20.2 Å². The number of nitrogens with zero attached hydrogens (tertiary/aromatic N) is 3. The van der Waals surface area contributed by atoms with Gasteiger partial charge in [0.2, 0.25) is 0 Å². The fourth-order valence-corrected chi connectivity index (χ4v) is 7.38. The smallest absolute Gasteiger partial charge is 0.114 e. The molecule has 1 saturated carbocycles. The van der Waals surface area contributed by atoms with E-state index in [4.69, 9.17) is 15.1 Å². The summed E-state index contributed by atoms with van der Waals surface area (Å²) in [5.74, 6) is 0.491. The van der Waals surface area contributed by atoms with Crippen LogP contribution < -0.4 is 0 Å². The second-order valence-electron chi connectivity index (χ2n) is 11.6. The number of rotatable bonds is 5. The van der Waals surface area contributed by atoms with Crippen LogP contribution in [0, 0.1) is 5.41 Å². The van der Waals surface area contributed by atoms with E-state index in [0.29, 0.717) is 5.92 Å². The average Bonchev–Trinajstić information content (AvgIpc) is 3.55. The number of aromatic nitrogens is 4. The first-order valence-corrected chi connectivity index (χ1v) is 13.6. The average molecular weight is 497 g/mol. The largest absolute Gasteiger partial charge is 0.281 e. The second-order valence-corrected chi connectivity index (χ2v) is 11.6. The lowest BCUT2D eigenvalue weighted by Crippen LogP contribution is -2.33. The summed E-state index contributed by atoms with van der Waals surface area (Å²) < 4.78 is 0. The number of pyridine rings is 2. The predicted molar refractivity (Wildman–Crippen MR) is 151 cm³/mol. The number of hydrogen-bond acceptors (Lipinski definition) is 3. The molecule has 2 atom stereocenters. The Morgan fingerprint density at radius 3 is 2.08 bits per heavy atom. The number of fused-ring (bicyclic) bond motifs is 5. The van der Waals surface area contributed by atoms with Crippen molar-refractivity contribution in [3.8, 4) is 11.4 Å². The Hall–Kier alpha value is -4.05. The van der Waals surface area contributed by atoms with Gasteiger partial charge < -0.3 is 0 Å². The molecule has 0 radical (unpaired) electrons. The summed E-state index contributed by atoms with van der Waals surface area (Å²) in [5, 5.41) is 8.36. The molecule has 3 heterocycles. The number of aromatic amines is 1. The van der Waals surface area contributed by atoms with Crippen LogP contribution in [0.3, 0.4) is 0 Å². The third kappa shape index (κ3) is 2.94. The Morgan fingerprint density at radius 1 is 0.763 bits per heavy atom. The van der Waals surface area contributed by atoms with Crippen LogP contribution in [0.15, 0.2) is 103 Å². The summed E-state index contributed by atoms with van der Waals surface area (Å²) in [6.07, 6.45) is 4.28. The summed E-state index contributed by atoms with van der Waals surface area (Å²) in [6.45, 7) is 7.24. The molecule has 0 amide bonds. The zero-order chi connectivity index (χ0) is 26.0. The first kappa shape index (κ1) is 23.1. The Morgan fingerprint density at radius 2 is 1.42 bits per heavy atom. The Labute approximate surface area is 224 Å². The third-order valence-electron chi connectivity index (χ3n) is 9.77. The van der Waals surface area contributed by atoms with E-state index in [1.807, 2.05) is 12.3 Å². The SMILES string of the molecule is CC12CCC(c3c(-c4cccc(C(c5ccccc5)(c5ccccc5)c5ccccn5)n4)n[nH]c31)C2(C)C. The van der Waals surface area contributed by atoms with E-state index < -0.39 is 5.41 Å². The van der Waals surface area contributed by atoms with E-state index in [2.05, 4.69) is 117 Å². The predicted octanol–water partition coefficient (Wildman–Crippen LogP) is 7.42. The van der Waals surface area contributed by atoms with Gasteiger partial charge in [-0.05, 0) is 59.6 Å². The van der Waals surface area contributed by atoms with Crippen LogP contribution in [0.2, 0.25) is 0 Å². The molecule has 38 heavy (non-hydrogen) atoms. The van der Waals surface area contributed by atoms with Gasteiger partial charge in [-0.1, -0.05) is 93.6 Å². The number of hydrogen-bond donors (Lipinski definition) is 1. The van der Waals surface area contributed by atoms with Crippen molar-refractivity contribution in [3.63, 3.8) is 0 Å². The van der Waals surface area contributed by atoms with Crippen molar-refractivity contribution < 1.29 is 0 Å². The molecule has 4 nitrogen and oxygen atoms in total. The van der Waals surface area contributed by atoms with Crippen molar-refractivity contribution in [2.24, 2.45) is 5.41 Å². The van der Waals surface area contributed by atoms with E-state index >= 15 is 0 Å². The molecule has 0 saturated heterocycles. The molecule has 5 aromatic rings. The topological polar surface area (TPSA) is 54.5 Å². The lowest BCUT2D eigenvalue weighted by molar-refractivity contribution is 0.225. The summed E-state index contributed by atoms with van der Waals surface area (Å²) in [7, 11) is 0. The van der Waals surface area contributed by atoms with Gasteiger partial charge in [-0.2, -0.15) is 5.10 Å². The van der Waals surface area contributed by atoms with Crippen LogP contribution in [0.25, 0.3) is 11.4 Å². The molecule has 1 N–H and O–H groups in total. The van der Waals surface area contributed by atoms with E-state index in [-0.39, 0.29) is 10.8 Å². The van der Waals surface area contributed by atoms with Crippen molar-refractivity contribution in [1.82, 2.24) is 20.2 Å². The van der Waals surface area contributed by atoms with Crippen LogP contribution in [0.1, 0.15) is 73.3 Å². The molecule has 0 spiro atoms. The second kappa shape index (κ2) is 8.22. The lowest BCUT2D eigenvalue weighted by Gasteiger charge is -2.34. The van der Waals surface area contributed by atoms with Gasteiger partial charge in [-0.3, -0.25) is 10.1 Å². The van der Waals surface area contributed by atoms with Crippen LogP contribution in [0.5, 0.6) is 0 Å². The van der Waals surface area contributed by atoms with E-state index in [1.165, 1.54) is 24.1 Å². The molecule has 0 aliphatic heterocycles. The van der Waals surface area contributed by atoms with Crippen molar-refractivity contribution >= 4 is 0 Å². The number of nitrogens with one attached hydrogen (secondary N) is 1. The van der Waals surface area contributed by atoms with Crippen molar-refractivity contribution in [2.45, 2.75) is 50.4 Å². The highest BCUT2D eigenvalue weighted by Gasteiger charge is 2.61. The molecular weight excluding hydrogens is 464 g/mol. The minimum Gasteiger partial charge on any atom is -0.281 e. The molecule has 4 heteroatoms. The van der Waals surface area contributed by atoms with E-state index in [1.54, 1.807) is 0 Å². The van der Waals surface area contributed by atoms with Crippen LogP contribution in [0.4, 0.5) is 0 Å². The molecule has 1 fully saturated rings. The molecular formula is C34H32N4. The van der Waals surface area contributed by atoms with Crippen LogP contribution in [-0.2, 0) is 10.8 Å². The molecule has 2 unspecified atom stereocenters. The molecule has 2 bridgehead atoms. The fourth-order valence-electron chi connectivity index (χ4n) is 7.38. The maximum atomic E-state index is 5.43. The Balaban J connectivity index is 1.49. The van der Waals surface area contributed by atoms with Gasteiger partial charge in [0.15, 0.2) is 0 Å². The van der Waals surface area contributed by atoms with Crippen LogP contribution >= 0.6 is 0 Å². The van der Waals surface area contributed by atoms with Gasteiger partial charge in [0, 0.05) is 22.9 Å². The van der Waals surface area contributed by atoms with Gasteiger partial charge in [-0.25, -0.2) is 4.98 Å². The highest BCUT2D eigenvalue weighted by atomic mass is 15.2. The zero-order valence-electron chi connectivity index (χ0n) is 22.1. The minimum absolute atomic E-state index is 0.127. The Kier molecular flexibility index (Phi) is 5.00. The van der Waals surface area contributed by atoms with Gasteiger partial charge in [0.05, 0.1) is 17.1 Å². The summed E-state index contributed by atoms with van der Waals surface area (Å²) in [4.78, 5) is 10.4. The quantitative estimate of drug-likeness (QED) is 0.275. The molecule has 3 aromatic heterocycles. The van der Waals surface area contributed by atoms with Gasteiger partial charge >= 0.3 is 0 Å². The molecule has 188 valence electrons. The standard InChI is InChI=1S/C34H32N4/c1-32(2)25-20-21-33(32,3)31-29(25)30(37-38-31)26-17-12-19-28(36-26)34(23-13-6-4-7-14-23,24-15-8-5-9-16-24)27-18-10-11-22-35-27/h4-19,22,25H,20-21H2,1-3H3,(H,37,38). The van der Waals surface area contributed by atoms with Gasteiger partial charge in [0.1, 0.15) is 11.1 Å². The number of H-pyrrole nitrogens is 1. The van der Waals surface area contributed by atoms with Crippen molar-refractivity contribution in [1.29, 1.82) is 0 Å². The monoisotopic (exact) mass is 496 g/mol. The summed E-state index contributed by atoms with van der Waals surface area (Å²) in [6, 6.07) is 33.8. The summed E-state index contributed by atoms with van der Waals surface area (Å²) in [5.41, 5.74) is 8.40. The zero-order valence-corrected chi connectivity index (χ0v) is 22.1. The van der Waals surface area contributed by atoms with Gasteiger partial charge in [0.25, 0.3) is 0 Å². The normalized spacial score (nSPS) is 21.4. The maximum absolute atomic E-state index is 5.43. The maximum Gasteiger partial charge on any atom is 0.114 e. The fraction of sp³-hybridized carbons (Fsp3) is 0.265. The first-order valence-electron chi connectivity index (χ1n) is 13.6. The highest BCUT2D eigenvalue weighted by Crippen LogP contribution is 2.68. The lowest BCUT2D eigenvalue weighted by atomic mass is 9.69. The molecule has 2 aromatic carbocycles. The first-order chi connectivity index (χ1) is 18.5. The van der Waals surface area contributed by atoms with Crippen molar-refractivity contribution in [2.75, 3.05) is 0 Å². The third-order valence-corrected chi connectivity index (χ3v) is 9.77. The minimum atomic E-state index is -0.677. The Bertz CT molecular complexity index is 1510. The van der Waals surface area contributed by atoms with E-state index in [9.17, 15) is 0 Å². The molecule has 7 rings (SSSR count). The van der Waals surface area contributed by atoms with E-state index in [0.717, 1.165) is 33.9 Å². The molecule has 2 aliphatic rings. The molecule has 2 aliphatic carbocycles. The number of benzene rings is 2. The highest BCUT2D eigenvalue weighted by molar-refractivity contribution is 5.67.